The summed E-state index contributed by atoms with van der Waals surface area (Å²) in [6, 6.07) is 0. The molecule has 0 saturated heterocycles. The summed E-state index contributed by atoms with van der Waals surface area (Å²) in [7, 11) is 0. The Kier molecular flexibility index (Phi) is 2.20. The predicted molar refractivity (Wildman–Crippen MR) is 60.4 cm³/mol. The summed E-state index contributed by atoms with van der Waals surface area (Å²) in [6.45, 7) is 6.72. The molecule has 1 aliphatic carbocycles. The average Bonchev–Trinajstić information content (AvgIpc) is 2.60. The first kappa shape index (κ1) is 10.1. The van der Waals surface area contributed by atoms with E-state index in [1.807, 2.05) is 6.20 Å². The Labute approximate surface area is 89.5 Å². The van der Waals surface area contributed by atoms with E-state index in [0.29, 0.717) is 5.41 Å². The van der Waals surface area contributed by atoms with Gasteiger partial charge >= 0.3 is 0 Å². The van der Waals surface area contributed by atoms with Gasteiger partial charge < -0.3 is 5.73 Å². The van der Waals surface area contributed by atoms with Crippen molar-refractivity contribution in [3.05, 3.63) is 16.1 Å². The third kappa shape index (κ3) is 2.15. The first-order chi connectivity index (χ1) is 6.39. The molecule has 0 spiro atoms. The van der Waals surface area contributed by atoms with Gasteiger partial charge in [-0.2, -0.15) is 0 Å². The summed E-state index contributed by atoms with van der Waals surface area (Å²) in [5.74, 6) is 0. The second-order valence-electron chi connectivity index (χ2n) is 5.51. The van der Waals surface area contributed by atoms with Crippen LogP contribution >= 0.6 is 11.3 Å². The summed E-state index contributed by atoms with van der Waals surface area (Å²) in [4.78, 5) is 5.72. The van der Waals surface area contributed by atoms with Crippen LogP contribution in [0.3, 0.4) is 0 Å². The molecular formula is C11H18N2S. The molecule has 1 heterocycles. The highest BCUT2D eigenvalue weighted by atomic mass is 32.1. The third-order valence-electron chi connectivity index (χ3n) is 2.51. The van der Waals surface area contributed by atoms with E-state index in [9.17, 15) is 0 Å². The largest absolute Gasteiger partial charge is 0.321 e. The van der Waals surface area contributed by atoms with Gasteiger partial charge in [0.15, 0.2) is 0 Å². The zero-order valence-electron chi connectivity index (χ0n) is 9.13. The van der Waals surface area contributed by atoms with Crippen molar-refractivity contribution in [2.24, 2.45) is 11.1 Å². The number of rotatable bonds is 2. The van der Waals surface area contributed by atoms with Crippen LogP contribution in [0, 0.1) is 5.41 Å². The van der Waals surface area contributed by atoms with Gasteiger partial charge in [-0.05, 0) is 18.3 Å². The molecule has 0 radical (unpaired) electrons. The topological polar surface area (TPSA) is 38.9 Å². The molecule has 0 amide bonds. The fraction of sp³-hybridized carbons (Fsp3) is 0.727. The lowest BCUT2D eigenvalue weighted by Gasteiger charge is -2.15. The molecule has 0 aromatic carbocycles. The molecule has 1 fully saturated rings. The van der Waals surface area contributed by atoms with Crippen LogP contribution in [0.15, 0.2) is 6.20 Å². The molecule has 1 aromatic heterocycles. The van der Waals surface area contributed by atoms with E-state index in [4.69, 9.17) is 5.73 Å². The Morgan fingerprint density at radius 1 is 1.50 bits per heavy atom. The maximum Gasteiger partial charge on any atom is 0.0933 e. The Balaban J connectivity index is 2.11. The van der Waals surface area contributed by atoms with Crippen LogP contribution in [0.1, 0.15) is 43.5 Å². The van der Waals surface area contributed by atoms with Gasteiger partial charge in [0.25, 0.3) is 0 Å². The standard InChI is InChI=1S/C11H18N2S/c1-10(2,3)6-9-13-7-8(14-9)11(12)4-5-11/h7H,4-6,12H2,1-3H3. The third-order valence-corrected chi connectivity index (χ3v) is 3.73. The zero-order valence-corrected chi connectivity index (χ0v) is 9.95. The maximum atomic E-state index is 6.12. The summed E-state index contributed by atoms with van der Waals surface area (Å²) in [5.41, 5.74) is 6.43. The smallest absolute Gasteiger partial charge is 0.0933 e. The molecule has 0 unspecified atom stereocenters. The van der Waals surface area contributed by atoms with Crippen LogP contribution in [-0.2, 0) is 12.0 Å². The van der Waals surface area contributed by atoms with E-state index in [1.165, 1.54) is 9.88 Å². The van der Waals surface area contributed by atoms with E-state index < -0.39 is 0 Å². The highest BCUT2D eigenvalue weighted by molar-refractivity contribution is 7.11. The highest BCUT2D eigenvalue weighted by Crippen LogP contribution is 2.45. The second-order valence-corrected chi connectivity index (χ2v) is 6.63. The van der Waals surface area contributed by atoms with Crippen LogP contribution in [-0.4, -0.2) is 4.98 Å². The van der Waals surface area contributed by atoms with Crippen LogP contribution in [0.4, 0.5) is 0 Å². The van der Waals surface area contributed by atoms with E-state index in [-0.39, 0.29) is 5.54 Å². The lowest BCUT2D eigenvalue weighted by atomic mass is 9.93. The van der Waals surface area contributed by atoms with E-state index in [1.54, 1.807) is 11.3 Å². The van der Waals surface area contributed by atoms with Crippen molar-refractivity contribution >= 4 is 11.3 Å². The van der Waals surface area contributed by atoms with Gasteiger partial charge in [-0.3, -0.25) is 0 Å². The Hall–Kier alpha value is -0.410. The fourth-order valence-corrected chi connectivity index (χ4v) is 2.83. The molecule has 2 nitrogen and oxygen atoms in total. The first-order valence-electron chi connectivity index (χ1n) is 5.13. The number of aromatic nitrogens is 1. The monoisotopic (exact) mass is 210 g/mol. The lowest BCUT2D eigenvalue weighted by Crippen LogP contribution is -2.16. The predicted octanol–water partition coefficient (Wildman–Crippen LogP) is 2.68. The van der Waals surface area contributed by atoms with Crippen molar-refractivity contribution in [1.29, 1.82) is 0 Å². The van der Waals surface area contributed by atoms with Crippen LogP contribution in [0.2, 0.25) is 0 Å². The van der Waals surface area contributed by atoms with Gasteiger partial charge in [0.05, 0.1) is 10.5 Å². The molecule has 1 aliphatic rings. The lowest BCUT2D eigenvalue weighted by molar-refractivity contribution is 0.410. The Bertz CT molecular complexity index is 331. The molecule has 0 bridgehead atoms. The highest BCUT2D eigenvalue weighted by Gasteiger charge is 2.41. The minimum atomic E-state index is -0.00615. The summed E-state index contributed by atoms with van der Waals surface area (Å²) >= 11 is 1.79. The molecule has 3 heteroatoms. The molecular weight excluding hydrogens is 192 g/mol. The minimum absolute atomic E-state index is 0.00615. The average molecular weight is 210 g/mol. The van der Waals surface area contributed by atoms with E-state index >= 15 is 0 Å². The zero-order chi connectivity index (χ0) is 10.4. The van der Waals surface area contributed by atoms with Crippen molar-refractivity contribution < 1.29 is 0 Å². The molecule has 1 saturated carbocycles. The van der Waals surface area contributed by atoms with Gasteiger partial charge in [-0.25, -0.2) is 4.98 Å². The van der Waals surface area contributed by atoms with Gasteiger partial charge in [-0.1, -0.05) is 20.8 Å². The second kappa shape index (κ2) is 3.04. The van der Waals surface area contributed by atoms with Crippen molar-refractivity contribution in [1.82, 2.24) is 4.98 Å². The van der Waals surface area contributed by atoms with Crippen LogP contribution in [0.25, 0.3) is 0 Å². The Morgan fingerprint density at radius 3 is 2.64 bits per heavy atom. The van der Waals surface area contributed by atoms with Gasteiger partial charge in [0.2, 0.25) is 0 Å². The minimum Gasteiger partial charge on any atom is -0.321 e. The molecule has 1 aromatic rings. The van der Waals surface area contributed by atoms with Gasteiger partial charge in [-0.15, -0.1) is 11.3 Å². The molecule has 78 valence electrons. The number of nitrogens with two attached hydrogens (primary N) is 1. The molecule has 14 heavy (non-hydrogen) atoms. The summed E-state index contributed by atoms with van der Waals surface area (Å²) < 4.78 is 0. The van der Waals surface area contributed by atoms with Crippen molar-refractivity contribution in [2.45, 2.75) is 45.6 Å². The Morgan fingerprint density at radius 2 is 2.14 bits per heavy atom. The van der Waals surface area contributed by atoms with Crippen molar-refractivity contribution in [3.8, 4) is 0 Å². The SMILES string of the molecule is CC(C)(C)Cc1ncc(C2(N)CC2)s1. The summed E-state index contributed by atoms with van der Waals surface area (Å²) in [6.07, 6.45) is 5.28. The normalized spacial score (nSPS) is 19.7. The maximum absolute atomic E-state index is 6.12. The molecule has 2 N–H and O–H groups in total. The summed E-state index contributed by atoms with van der Waals surface area (Å²) in [5, 5.41) is 1.23. The number of hydrogen-bond acceptors (Lipinski definition) is 3. The van der Waals surface area contributed by atoms with E-state index in [0.717, 1.165) is 19.3 Å². The van der Waals surface area contributed by atoms with Crippen LogP contribution in [0.5, 0.6) is 0 Å². The quantitative estimate of drug-likeness (QED) is 0.815. The number of thiazole rings is 1. The van der Waals surface area contributed by atoms with Crippen LogP contribution < -0.4 is 5.73 Å². The molecule has 2 rings (SSSR count). The first-order valence-corrected chi connectivity index (χ1v) is 5.95. The van der Waals surface area contributed by atoms with Crippen molar-refractivity contribution in [2.75, 3.05) is 0 Å². The van der Waals surface area contributed by atoms with Gasteiger partial charge in [0, 0.05) is 17.5 Å². The van der Waals surface area contributed by atoms with Crippen molar-refractivity contribution in [3.63, 3.8) is 0 Å². The van der Waals surface area contributed by atoms with Gasteiger partial charge in [0.1, 0.15) is 0 Å². The number of hydrogen-bond donors (Lipinski definition) is 1. The molecule has 0 atom stereocenters. The molecule has 0 aliphatic heterocycles. The van der Waals surface area contributed by atoms with E-state index in [2.05, 4.69) is 25.8 Å². The fourth-order valence-electron chi connectivity index (χ4n) is 1.46. The number of nitrogens with zero attached hydrogens (tertiary/aromatic N) is 1.